The van der Waals surface area contributed by atoms with E-state index >= 15 is 0 Å². The van der Waals surface area contributed by atoms with Crippen LogP contribution in [-0.4, -0.2) is 68.9 Å². The number of hydrogen-bond acceptors (Lipinski definition) is 7. The maximum atomic E-state index is 14.2. The first kappa shape index (κ1) is 22.4. The summed E-state index contributed by atoms with van der Waals surface area (Å²) in [7, 11) is 1.57. The van der Waals surface area contributed by atoms with E-state index in [0.717, 1.165) is 30.5 Å². The summed E-state index contributed by atoms with van der Waals surface area (Å²) < 4.78 is 44.3. The van der Waals surface area contributed by atoms with Gasteiger partial charge in [-0.25, -0.2) is 13.8 Å². The second kappa shape index (κ2) is 10.2. The maximum Gasteiger partial charge on any atom is 0.266 e. The molecular formula is C22H23F2N3O4S. The summed E-state index contributed by atoms with van der Waals surface area (Å²) in [5, 5.41) is 0.307. The Morgan fingerprint density at radius 2 is 1.91 bits per heavy atom. The van der Waals surface area contributed by atoms with Crippen LogP contribution in [0.2, 0.25) is 0 Å². The molecule has 0 saturated carbocycles. The molecule has 4 rings (SSSR count). The Bertz CT molecular complexity index is 1070. The Morgan fingerprint density at radius 3 is 2.62 bits per heavy atom. The number of aromatic nitrogens is 1. The van der Waals surface area contributed by atoms with Crippen molar-refractivity contribution in [3.8, 4) is 11.5 Å². The fraction of sp³-hybridized carbons (Fsp3) is 0.364. The number of rotatable bonds is 8. The Morgan fingerprint density at radius 1 is 1.19 bits per heavy atom. The molecule has 1 aliphatic rings. The molecule has 0 radical (unpaired) electrons. The summed E-state index contributed by atoms with van der Waals surface area (Å²) in [6, 6.07) is 8.90. The molecule has 0 spiro atoms. The maximum absolute atomic E-state index is 14.2. The van der Waals surface area contributed by atoms with Gasteiger partial charge in [-0.15, -0.1) is 0 Å². The Labute approximate surface area is 188 Å². The highest BCUT2D eigenvalue weighted by atomic mass is 32.1. The van der Waals surface area contributed by atoms with Crippen molar-refractivity contribution >= 4 is 32.6 Å². The van der Waals surface area contributed by atoms with E-state index in [1.165, 1.54) is 11.0 Å². The molecule has 1 fully saturated rings. The predicted molar refractivity (Wildman–Crippen MR) is 118 cm³/mol. The standard InChI is InChI=1S/C22H23F2N3O4S/c1-29-16-2-4-17(5-3-16)31-14-20(28)27(7-6-26-8-10-30-11-9-26)22-25-21-18(24)12-15(23)13-19(21)32-22/h2-5,12-13H,6-11,14H2,1H3. The molecule has 7 nitrogen and oxygen atoms in total. The molecule has 0 bridgehead atoms. The Kier molecular flexibility index (Phi) is 7.13. The summed E-state index contributed by atoms with van der Waals surface area (Å²) in [6.07, 6.45) is 0. The Balaban J connectivity index is 1.52. The van der Waals surface area contributed by atoms with E-state index in [9.17, 15) is 13.6 Å². The van der Waals surface area contributed by atoms with Crippen molar-refractivity contribution in [2.24, 2.45) is 0 Å². The van der Waals surface area contributed by atoms with E-state index in [1.54, 1.807) is 31.4 Å². The first-order valence-corrected chi connectivity index (χ1v) is 11.0. The molecule has 0 atom stereocenters. The fourth-order valence-electron chi connectivity index (χ4n) is 3.35. The van der Waals surface area contributed by atoms with E-state index in [4.69, 9.17) is 14.2 Å². The first-order chi connectivity index (χ1) is 15.5. The minimum absolute atomic E-state index is 0.0478. The topological polar surface area (TPSA) is 64.1 Å². The van der Waals surface area contributed by atoms with Gasteiger partial charge in [0.25, 0.3) is 5.91 Å². The summed E-state index contributed by atoms with van der Waals surface area (Å²) >= 11 is 1.07. The Hall–Kier alpha value is -2.82. The van der Waals surface area contributed by atoms with Crippen molar-refractivity contribution in [1.29, 1.82) is 0 Å². The van der Waals surface area contributed by atoms with Gasteiger partial charge >= 0.3 is 0 Å². The van der Waals surface area contributed by atoms with Crippen molar-refractivity contribution in [3.05, 3.63) is 48.0 Å². The number of ether oxygens (including phenoxy) is 3. The van der Waals surface area contributed by atoms with Crippen LogP contribution in [0.25, 0.3) is 10.2 Å². The van der Waals surface area contributed by atoms with Gasteiger partial charge in [-0.3, -0.25) is 14.6 Å². The van der Waals surface area contributed by atoms with Crippen molar-refractivity contribution < 1.29 is 27.8 Å². The van der Waals surface area contributed by atoms with Crippen molar-refractivity contribution in [3.63, 3.8) is 0 Å². The molecule has 3 aromatic rings. The zero-order chi connectivity index (χ0) is 22.5. The molecule has 1 aromatic heterocycles. The molecule has 1 amide bonds. The predicted octanol–water partition coefficient (Wildman–Crippen LogP) is 3.33. The molecule has 0 unspecified atom stereocenters. The van der Waals surface area contributed by atoms with E-state index < -0.39 is 11.6 Å². The first-order valence-electron chi connectivity index (χ1n) is 10.2. The van der Waals surface area contributed by atoms with Crippen molar-refractivity contribution in [2.75, 3.05) is 58.0 Å². The van der Waals surface area contributed by atoms with Gasteiger partial charge in [0.2, 0.25) is 0 Å². The third-order valence-electron chi connectivity index (χ3n) is 5.10. The molecule has 1 saturated heterocycles. The molecule has 2 heterocycles. The number of hydrogen-bond donors (Lipinski definition) is 0. The molecule has 1 aliphatic heterocycles. The number of benzene rings is 2. The summed E-state index contributed by atoms with van der Waals surface area (Å²) in [5.41, 5.74) is 0.0478. The van der Waals surface area contributed by atoms with Gasteiger partial charge in [0.05, 0.1) is 25.0 Å². The van der Waals surface area contributed by atoms with Crippen LogP contribution in [0.5, 0.6) is 11.5 Å². The number of amides is 1. The lowest BCUT2D eigenvalue weighted by molar-refractivity contribution is -0.120. The van der Waals surface area contributed by atoms with Crippen LogP contribution in [0.15, 0.2) is 36.4 Å². The zero-order valence-corrected chi connectivity index (χ0v) is 18.4. The largest absolute Gasteiger partial charge is 0.497 e. The highest BCUT2D eigenvalue weighted by Gasteiger charge is 2.23. The molecule has 10 heteroatoms. The van der Waals surface area contributed by atoms with Gasteiger partial charge in [0.1, 0.15) is 22.8 Å². The lowest BCUT2D eigenvalue weighted by Crippen LogP contribution is -2.44. The number of methoxy groups -OCH3 is 1. The summed E-state index contributed by atoms with van der Waals surface area (Å²) in [6.45, 7) is 3.54. The molecule has 0 aliphatic carbocycles. The second-order valence-electron chi connectivity index (χ2n) is 7.19. The molecule has 170 valence electrons. The number of carbonyl (C=O) groups is 1. The van der Waals surface area contributed by atoms with E-state index in [-0.39, 0.29) is 18.0 Å². The lowest BCUT2D eigenvalue weighted by Gasteiger charge is -2.29. The van der Waals surface area contributed by atoms with Gasteiger partial charge in [0.15, 0.2) is 17.6 Å². The van der Waals surface area contributed by atoms with Crippen LogP contribution in [0.3, 0.4) is 0 Å². The van der Waals surface area contributed by atoms with Gasteiger partial charge < -0.3 is 14.2 Å². The summed E-state index contributed by atoms with van der Waals surface area (Å²) in [5.74, 6) is -0.560. The number of anilines is 1. The summed E-state index contributed by atoms with van der Waals surface area (Å²) in [4.78, 5) is 21.0. The zero-order valence-electron chi connectivity index (χ0n) is 17.6. The van der Waals surface area contributed by atoms with Crippen molar-refractivity contribution in [2.45, 2.75) is 0 Å². The second-order valence-corrected chi connectivity index (χ2v) is 8.20. The van der Waals surface area contributed by atoms with E-state index in [0.29, 0.717) is 47.6 Å². The van der Waals surface area contributed by atoms with Gasteiger partial charge in [-0.2, -0.15) is 0 Å². The SMILES string of the molecule is COc1ccc(OCC(=O)N(CCN2CCOCC2)c2nc3c(F)cc(F)cc3s2)cc1. The monoisotopic (exact) mass is 463 g/mol. The number of carbonyl (C=O) groups excluding carboxylic acids is 1. The molecular weight excluding hydrogens is 440 g/mol. The number of fused-ring (bicyclic) bond motifs is 1. The smallest absolute Gasteiger partial charge is 0.266 e. The highest BCUT2D eigenvalue weighted by molar-refractivity contribution is 7.22. The van der Waals surface area contributed by atoms with Crippen LogP contribution in [-0.2, 0) is 9.53 Å². The van der Waals surface area contributed by atoms with Crippen LogP contribution in [0, 0.1) is 11.6 Å². The van der Waals surface area contributed by atoms with Crippen LogP contribution < -0.4 is 14.4 Å². The van der Waals surface area contributed by atoms with E-state index in [2.05, 4.69) is 9.88 Å². The average Bonchev–Trinajstić information content (AvgIpc) is 3.23. The molecule has 32 heavy (non-hydrogen) atoms. The third-order valence-corrected chi connectivity index (χ3v) is 6.12. The number of halogens is 2. The highest BCUT2D eigenvalue weighted by Crippen LogP contribution is 2.31. The molecule has 2 aromatic carbocycles. The van der Waals surface area contributed by atoms with Gasteiger partial charge in [0, 0.05) is 32.2 Å². The number of thiazole rings is 1. The van der Waals surface area contributed by atoms with Crippen molar-refractivity contribution in [1.82, 2.24) is 9.88 Å². The van der Waals surface area contributed by atoms with Crippen LogP contribution in [0.1, 0.15) is 0 Å². The quantitative estimate of drug-likeness (QED) is 0.511. The minimum Gasteiger partial charge on any atom is -0.497 e. The van der Waals surface area contributed by atoms with Gasteiger partial charge in [-0.1, -0.05) is 11.3 Å². The third kappa shape index (κ3) is 5.32. The normalized spacial score (nSPS) is 14.5. The lowest BCUT2D eigenvalue weighted by atomic mass is 10.3. The number of nitrogens with zero attached hydrogens (tertiary/aromatic N) is 3. The van der Waals surface area contributed by atoms with E-state index in [1.807, 2.05) is 0 Å². The minimum atomic E-state index is -0.752. The average molecular weight is 464 g/mol. The molecule has 0 N–H and O–H groups in total. The van der Waals surface area contributed by atoms with Crippen LogP contribution >= 0.6 is 11.3 Å². The fourth-order valence-corrected chi connectivity index (χ4v) is 4.40. The number of morpholine rings is 1. The van der Waals surface area contributed by atoms with Crippen LogP contribution in [0.4, 0.5) is 13.9 Å². The van der Waals surface area contributed by atoms with Gasteiger partial charge in [-0.05, 0) is 30.3 Å².